The third-order valence-corrected chi connectivity index (χ3v) is 3.09. The molecule has 1 unspecified atom stereocenters. The lowest BCUT2D eigenvalue weighted by molar-refractivity contribution is 0.204. The highest BCUT2D eigenvalue weighted by Gasteiger charge is 2.19. The molecular formula is C11H21N5O2. The summed E-state index contributed by atoms with van der Waals surface area (Å²) in [5, 5.41) is 16.9. The summed E-state index contributed by atoms with van der Waals surface area (Å²) in [7, 11) is 0. The predicted molar refractivity (Wildman–Crippen MR) is 67.3 cm³/mol. The van der Waals surface area contributed by atoms with E-state index in [9.17, 15) is 0 Å². The molecular weight excluding hydrogens is 234 g/mol. The summed E-state index contributed by atoms with van der Waals surface area (Å²) in [6, 6.07) is 0.317. The van der Waals surface area contributed by atoms with Gasteiger partial charge in [0.2, 0.25) is 5.89 Å². The highest BCUT2D eigenvalue weighted by molar-refractivity contribution is 5.24. The zero-order valence-electron chi connectivity index (χ0n) is 10.7. The van der Waals surface area contributed by atoms with Crippen molar-refractivity contribution in [1.82, 2.24) is 15.1 Å². The number of hydrogen-bond acceptors (Lipinski definition) is 7. The molecule has 0 aromatic carbocycles. The summed E-state index contributed by atoms with van der Waals surface area (Å²) in [6.45, 7) is 6.37. The van der Waals surface area contributed by atoms with E-state index >= 15 is 0 Å². The van der Waals surface area contributed by atoms with Gasteiger partial charge in [-0.2, -0.15) is 0 Å². The van der Waals surface area contributed by atoms with Gasteiger partial charge in [0.25, 0.3) is 0 Å². The first kappa shape index (κ1) is 13.3. The molecule has 1 aromatic rings. The van der Waals surface area contributed by atoms with Gasteiger partial charge in [-0.05, 0) is 19.9 Å². The van der Waals surface area contributed by atoms with Crippen molar-refractivity contribution in [3.63, 3.8) is 0 Å². The van der Waals surface area contributed by atoms with Crippen molar-refractivity contribution in [1.29, 1.82) is 0 Å². The van der Waals surface area contributed by atoms with Crippen LogP contribution in [0.15, 0.2) is 4.42 Å². The van der Waals surface area contributed by atoms with Gasteiger partial charge in [0.1, 0.15) is 0 Å². The van der Waals surface area contributed by atoms with Crippen LogP contribution in [-0.4, -0.2) is 59.5 Å². The molecule has 3 N–H and O–H groups in total. The van der Waals surface area contributed by atoms with E-state index in [0.29, 0.717) is 11.9 Å². The van der Waals surface area contributed by atoms with Gasteiger partial charge in [-0.3, -0.25) is 4.90 Å². The first-order valence-electron chi connectivity index (χ1n) is 6.38. The molecule has 1 atom stereocenters. The standard InChI is InChI=1S/C11H21N5O2/c1-9(12)10-13-14-11(18-10)16-4-2-3-15(5-6-16)7-8-17/h9,17H,2-8,12H2,1H3. The molecule has 7 nitrogen and oxygen atoms in total. The molecule has 0 radical (unpaired) electrons. The Balaban J connectivity index is 1.96. The van der Waals surface area contributed by atoms with E-state index in [1.807, 2.05) is 6.92 Å². The van der Waals surface area contributed by atoms with Crippen LogP contribution in [0.2, 0.25) is 0 Å². The zero-order chi connectivity index (χ0) is 13.0. The molecule has 1 aliphatic rings. The van der Waals surface area contributed by atoms with Gasteiger partial charge in [-0.1, -0.05) is 5.10 Å². The maximum Gasteiger partial charge on any atom is 0.318 e. The average molecular weight is 255 g/mol. The lowest BCUT2D eigenvalue weighted by Gasteiger charge is -2.19. The van der Waals surface area contributed by atoms with Crippen LogP contribution < -0.4 is 10.6 Å². The van der Waals surface area contributed by atoms with Crippen molar-refractivity contribution < 1.29 is 9.52 Å². The normalized spacial score (nSPS) is 19.8. The molecule has 18 heavy (non-hydrogen) atoms. The van der Waals surface area contributed by atoms with Crippen molar-refractivity contribution in [2.45, 2.75) is 19.4 Å². The third-order valence-electron chi connectivity index (χ3n) is 3.09. The average Bonchev–Trinajstić information content (AvgIpc) is 2.72. The Labute approximate surface area is 107 Å². The minimum atomic E-state index is -0.232. The van der Waals surface area contributed by atoms with Crippen LogP contribution in [-0.2, 0) is 0 Å². The topological polar surface area (TPSA) is 91.7 Å². The quantitative estimate of drug-likeness (QED) is 0.756. The third kappa shape index (κ3) is 3.18. The van der Waals surface area contributed by atoms with E-state index < -0.39 is 0 Å². The van der Waals surface area contributed by atoms with Crippen molar-refractivity contribution in [2.24, 2.45) is 5.73 Å². The van der Waals surface area contributed by atoms with Gasteiger partial charge >= 0.3 is 6.01 Å². The van der Waals surface area contributed by atoms with Crippen LogP contribution in [0.25, 0.3) is 0 Å². The van der Waals surface area contributed by atoms with Crippen LogP contribution >= 0.6 is 0 Å². The summed E-state index contributed by atoms with van der Waals surface area (Å²) in [5.74, 6) is 0.474. The summed E-state index contributed by atoms with van der Waals surface area (Å²) in [6.07, 6.45) is 1.02. The number of β-amino-alcohol motifs (C(OH)–C–C–N with tert-alkyl or cyclic N) is 1. The number of anilines is 1. The van der Waals surface area contributed by atoms with Crippen LogP contribution in [0.4, 0.5) is 6.01 Å². The van der Waals surface area contributed by atoms with E-state index in [1.165, 1.54) is 0 Å². The Morgan fingerprint density at radius 3 is 2.83 bits per heavy atom. The molecule has 0 amide bonds. The fraction of sp³-hybridized carbons (Fsp3) is 0.818. The lowest BCUT2D eigenvalue weighted by atomic mass is 10.4. The smallest absolute Gasteiger partial charge is 0.318 e. The lowest BCUT2D eigenvalue weighted by Crippen LogP contribution is -2.32. The number of nitrogens with two attached hydrogens (primary N) is 1. The van der Waals surface area contributed by atoms with Gasteiger partial charge in [0.05, 0.1) is 12.6 Å². The minimum absolute atomic E-state index is 0.204. The first-order chi connectivity index (χ1) is 8.70. The molecule has 2 heterocycles. The Hall–Kier alpha value is -1.18. The monoisotopic (exact) mass is 255 g/mol. The van der Waals surface area contributed by atoms with Gasteiger partial charge in [-0.25, -0.2) is 0 Å². The molecule has 0 spiro atoms. The molecule has 2 rings (SSSR count). The van der Waals surface area contributed by atoms with Gasteiger partial charge in [-0.15, -0.1) is 5.10 Å². The SMILES string of the molecule is CC(N)c1nnc(N2CCCN(CCO)CC2)o1. The predicted octanol–water partition coefficient (Wildman–Crippen LogP) is -0.406. The van der Waals surface area contributed by atoms with Gasteiger partial charge in [0, 0.05) is 26.2 Å². The van der Waals surface area contributed by atoms with E-state index in [0.717, 1.165) is 39.1 Å². The number of aromatic nitrogens is 2. The first-order valence-corrected chi connectivity index (χ1v) is 6.38. The molecule has 0 bridgehead atoms. The van der Waals surface area contributed by atoms with Crippen LogP contribution in [0.1, 0.15) is 25.3 Å². The molecule has 0 saturated carbocycles. The molecule has 7 heteroatoms. The van der Waals surface area contributed by atoms with E-state index in [2.05, 4.69) is 20.0 Å². The zero-order valence-corrected chi connectivity index (χ0v) is 10.7. The second kappa shape index (κ2) is 6.12. The van der Waals surface area contributed by atoms with Crippen molar-refractivity contribution in [2.75, 3.05) is 44.2 Å². The molecule has 0 aliphatic carbocycles. The highest BCUT2D eigenvalue weighted by atomic mass is 16.4. The molecule has 102 valence electrons. The van der Waals surface area contributed by atoms with Crippen LogP contribution in [0.5, 0.6) is 0 Å². The van der Waals surface area contributed by atoms with E-state index in [1.54, 1.807) is 0 Å². The Kier molecular flexibility index (Phi) is 4.51. The van der Waals surface area contributed by atoms with Gasteiger partial charge < -0.3 is 20.2 Å². The van der Waals surface area contributed by atoms with E-state index in [4.69, 9.17) is 15.3 Å². The summed E-state index contributed by atoms with van der Waals surface area (Å²) < 4.78 is 5.55. The van der Waals surface area contributed by atoms with E-state index in [-0.39, 0.29) is 12.6 Å². The molecule has 1 fully saturated rings. The summed E-state index contributed by atoms with van der Waals surface area (Å²) in [5.41, 5.74) is 5.70. The minimum Gasteiger partial charge on any atom is -0.406 e. The Bertz CT molecular complexity index is 368. The number of aliphatic hydroxyl groups is 1. The fourth-order valence-corrected chi connectivity index (χ4v) is 2.07. The maximum atomic E-state index is 8.95. The number of hydrogen-bond donors (Lipinski definition) is 2. The fourth-order valence-electron chi connectivity index (χ4n) is 2.07. The summed E-state index contributed by atoms with van der Waals surface area (Å²) in [4.78, 5) is 4.32. The molecule has 1 aliphatic heterocycles. The molecule has 1 aromatic heterocycles. The second-order valence-corrected chi connectivity index (χ2v) is 4.62. The highest BCUT2D eigenvalue weighted by Crippen LogP contribution is 2.17. The van der Waals surface area contributed by atoms with Crippen LogP contribution in [0.3, 0.4) is 0 Å². The van der Waals surface area contributed by atoms with Crippen LogP contribution in [0, 0.1) is 0 Å². The molecule has 1 saturated heterocycles. The number of nitrogens with zero attached hydrogens (tertiary/aromatic N) is 4. The van der Waals surface area contributed by atoms with Crippen molar-refractivity contribution >= 4 is 6.01 Å². The largest absolute Gasteiger partial charge is 0.406 e. The number of rotatable bonds is 4. The van der Waals surface area contributed by atoms with Gasteiger partial charge in [0.15, 0.2) is 0 Å². The summed E-state index contributed by atoms with van der Waals surface area (Å²) >= 11 is 0. The maximum absolute atomic E-state index is 8.95. The Morgan fingerprint density at radius 1 is 1.33 bits per heavy atom. The second-order valence-electron chi connectivity index (χ2n) is 4.62. The van der Waals surface area contributed by atoms with Crippen molar-refractivity contribution in [3.05, 3.63) is 5.89 Å². The Morgan fingerprint density at radius 2 is 2.17 bits per heavy atom. The number of aliphatic hydroxyl groups excluding tert-OH is 1. The van der Waals surface area contributed by atoms with Crippen molar-refractivity contribution in [3.8, 4) is 0 Å².